The molecule has 3 saturated heterocycles. The van der Waals surface area contributed by atoms with E-state index in [0.29, 0.717) is 0 Å². The number of hydrogen-bond acceptors (Lipinski definition) is 19. The zero-order valence-corrected chi connectivity index (χ0v) is 27.5. The first-order valence-electron chi connectivity index (χ1n) is 16.2. The van der Waals surface area contributed by atoms with Gasteiger partial charge in [-0.25, -0.2) is 0 Å². The number of fused-ring (bicyclic) bond motifs is 1. The van der Waals surface area contributed by atoms with Gasteiger partial charge in [-0.15, -0.1) is 0 Å². The van der Waals surface area contributed by atoms with Crippen molar-refractivity contribution in [3.8, 4) is 34.3 Å². The van der Waals surface area contributed by atoms with E-state index in [9.17, 15) is 61.0 Å². The number of aromatic hydroxyl groups is 3. The minimum atomic E-state index is -1.99. The van der Waals surface area contributed by atoms with Crippen LogP contribution in [0.1, 0.15) is 13.8 Å². The number of ether oxygens (including phenoxy) is 6. The Kier molecular flexibility index (Phi) is 11.0. The van der Waals surface area contributed by atoms with Crippen LogP contribution in [0.5, 0.6) is 23.0 Å². The molecule has 0 radical (unpaired) electrons. The second-order valence-corrected chi connectivity index (χ2v) is 12.9. The van der Waals surface area contributed by atoms with Gasteiger partial charge in [-0.3, -0.25) is 4.79 Å². The van der Waals surface area contributed by atoms with Gasteiger partial charge >= 0.3 is 0 Å². The first kappa shape index (κ1) is 38.1. The summed E-state index contributed by atoms with van der Waals surface area (Å²) >= 11 is 0. The molecule has 52 heavy (non-hydrogen) atoms. The molecular weight excluding hydrogens is 700 g/mol. The predicted octanol–water partition coefficient (Wildman–Crippen LogP) is -2.54. The van der Waals surface area contributed by atoms with Crippen LogP contribution >= 0.6 is 0 Å². The van der Waals surface area contributed by atoms with Crippen molar-refractivity contribution in [2.45, 2.75) is 106 Å². The van der Waals surface area contributed by atoms with Crippen molar-refractivity contribution in [3.05, 3.63) is 46.6 Å². The molecule has 0 spiro atoms. The molecule has 19 nitrogen and oxygen atoms in total. The minimum absolute atomic E-state index is 0.130. The summed E-state index contributed by atoms with van der Waals surface area (Å²) in [5.41, 5.74) is -1.07. The second-order valence-electron chi connectivity index (χ2n) is 12.9. The lowest BCUT2D eigenvalue weighted by molar-refractivity contribution is -0.367. The molecule has 0 aliphatic carbocycles. The van der Waals surface area contributed by atoms with Crippen LogP contribution in [0.4, 0.5) is 0 Å². The molecule has 286 valence electrons. The quantitative estimate of drug-likeness (QED) is 0.113. The van der Waals surface area contributed by atoms with E-state index in [1.54, 1.807) is 0 Å². The van der Waals surface area contributed by atoms with Crippen molar-refractivity contribution in [1.29, 1.82) is 0 Å². The van der Waals surface area contributed by atoms with Gasteiger partial charge in [0.25, 0.3) is 0 Å². The largest absolute Gasteiger partial charge is 0.508 e. The van der Waals surface area contributed by atoms with Gasteiger partial charge in [-0.05, 0) is 38.1 Å². The number of aliphatic hydroxyl groups excluding tert-OH is 8. The number of rotatable bonds is 8. The van der Waals surface area contributed by atoms with E-state index < -0.39 is 127 Å². The summed E-state index contributed by atoms with van der Waals surface area (Å²) in [4.78, 5) is 13.7. The lowest BCUT2D eigenvalue weighted by Crippen LogP contribution is -2.64. The molecule has 3 fully saturated rings. The summed E-state index contributed by atoms with van der Waals surface area (Å²) in [6.45, 7) is 2.14. The van der Waals surface area contributed by atoms with E-state index in [4.69, 9.17) is 32.8 Å². The van der Waals surface area contributed by atoms with E-state index in [1.807, 2.05) is 0 Å². The molecule has 15 atom stereocenters. The molecule has 0 saturated carbocycles. The SMILES string of the molecule is C[C@@H]1O[C@H](O[C@H]2[C@H](OC[C@H]3O[C@@H](Oc4c(-c5ccc(O)cc5)oc5cc(O)cc(O)c5c4=O)[C@H](O)[C@@H](O)[C@@H]3O)O[C@@H](C)[C@H](O)[C@H]2O)[C@H](O)[C@H](O)[C@H]1O. The Balaban J connectivity index is 1.26. The summed E-state index contributed by atoms with van der Waals surface area (Å²) in [5, 5.41) is 114. The standard InChI is InChI=1S/C33H40O19/c1-10-19(37)23(41)26(44)31(47-10)52-30-25(43)20(38)11(2)48-33(30)46-9-17-21(39)24(42)27(45)32(50-17)51-29-22(40)18-15(36)7-14(35)8-16(18)49-28(29)12-3-5-13(34)6-4-12/h3-8,10-11,17,19-21,23-27,30-39,41-45H,9H2,1-2H3/t10-,11-,17+,19-,20-,21+,23+,24-,25+,26+,27+,30+,31+,32-,33+/m0/s1. The summed E-state index contributed by atoms with van der Waals surface area (Å²) < 4.78 is 40.0. The van der Waals surface area contributed by atoms with E-state index in [0.717, 1.165) is 12.1 Å². The van der Waals surface area contributed by atoms with Crippen molar-refractivity contribution in [3.63, 3.8) is 0 Å². The van der Waals surface area contributed by atoms with Crippen molar-refractivity contribution in [2.75, 3.05) is 6.61 Å². The summed E-state index contributed by atoms with van der Waals surface area (Å²) in [6, 6.07) is 7.22. The molecule has 3 aliphatic heterocycles. The molecule has 1 aromatic heterocycles. The van der Waals surface area contributed by atoms with Gasteiger partial charge < -0.3 is 89.0 Å². The third-order valence-corrected chi connectivity index (χ3v) is 9.26. The maximum Gasteiger partial charge on any atom is 0.239 e. The first-order valence-corrected chi connectivity index (χ1v) is 16.2. The number of phenols is 3. The molecule has 19 heteroatoms. The Hall–Kier alpha value is -3.67. The summed E-state index contributed by atoms with van der Waals surface area (Å²) in [6.07, 6.45) is -24.3. The van der Waals surface area contributed by atoms with E-state index in [2.05, 4.69) is 0 Å². The van der Waals surface area contributed by atoms with Crippen molar-refractivity contribution in [1.82, 2.24) is 0 Å². The third-order valence-electron chi connectivity index (χ3n) is 9.26. The van der Waals surface area contributed by atoms with Gasteiger partial charge in [0.1, 0.15) is 89.3 Å². The van der Waals surface area contributed by atoms with Gasteiger partial charge in [0.15, 0.2) is 18.3 Å². The predicted molar refractivity (Wildman–Crippen MR) is 170 cm³/mol. The van der Waals surface area contributed by atoms with Crippen molar-refractivity contribution >= 4 is 11.0 Å². The molecule has 3 aliphatic rings. The zero-order valence-electron chi connectivity index (χ0n) is 27.5. The lowest BCUT2D eigenvalue weighted by Gasteiger charge is -2.46. The highest BCUT2D eigenvalue weighted by Gasteiger charge is 2.51. The van der Waals surface area contributed by atoms with Gasteiger partial charge in [0.2, 0.25) is 17.5 Å². The van der Waals surface area contributed by atoms with Gasteiger partial charge in [-0.1, -0.05) is 0 Å². The Labute approximate surface area is 293 Å². The number of hydrogen-bond donors (Lipinski definition) is 11. The number of phenolic OH excluding ortho intramolecular Hbond substituents is 3. The summed E-state index contributed by atoms with van der Waals surface area (Å²) in [5.74, 6) is -2.15. The van der Waals surface area contributed by atoms with Crippen LogP contribution in [-0.4, -0.2) is 155 Å². The molecule has 4 heterocycles. The van der Waals surface area contributed by atoms with Crippen LogP contribution in [0, 0.1) is 0 Å². The summed E-state index contributed by atoms with van der Waals surface area (Å²) in [7, 11) is 0. The van der Waals surface area contributed by atoms with E-state index >= 15 is 0 Å². The molecule has 11 N–H and O–H groups in total. The highest BCUT2D eigenvalue weighted by molar-refractivity contribution is 5.88. The number of benzene rings is 2. The monoisotopic (exact) mass is 740 g/mol. The van der Waals surface area contributed by atoms with Crippen LogP contribution in [0.15, 0.2) is 45.6 Å². The smallest absolute Gasteiger partial charge is 0.239 e. The molecule has 0 bridgehead atoms. The Morgan fingerprint density at radius 3 is 1.92 bits per heavy atom. The minimum Gasteiger partial charge on any atom is -0.508 e. The van der Waals surface area contributed by atoms with Gasteiger partial charge in [0.05, 0.1) is 18.8 Å². The normalized spacial score (nSPS) is 38.3. The van der Waals surface area contributed by atoms with Crippen LogP contribution < -0.4 is 10.2 Å². The lowest BCUT2D eigenvalue weighted by atomic mass is 9.97. The fraction of sp³-hybridized carbons (Fsp3) is 0.545. The van der Waals surface area contributed by atoms with Gasteiger partial charge in [0, 0.05) is 17.7 Å². The maximum absolute atomic E-state index is 13.7. The molecular formula is C33H40O19. The van der Waals surface area contributed by atoms with E-state index in [-0.39, 0.29) is 22.7 Å². The maximum atomic E-state index is 13.7. The third kappa shape index (κ3) is 7.16. The fourth-order valence-electron chi connectivity index (χ4n) is 6.20. The van der Waals surface area contributed by atoms with E-state index in [1.165, 1.54) is 38.1 Å². The highest BCUT2D eigenvalue weighted by atomic mass is 16.8. The fourth-order valence-corrected chi connectivity index (χ4v) is 6.20. The Morgan fingerprint density at radius 1 is 0.654 bits per heavy atom. The van der Waals surface area contributed by atoms with Crippen LogP contribution in [-0.2, 0) is 23.7 Å². The molecule has 3 aromatic rings. The highest BCUT2D eigenvalue weighted by Crippen LogP contribution is 2.38. The molecule has 2 aromatic carbocycles. The first-order chi connectivity index (χ1) is 24.6. The molecule has 6 rings (SSSR count). The zero-order chi connectivity index (χ0) is 37.8. The average Bonchev–Trinajstić information content (AvgIpc) is 3.10. The Morgan fingerprint density at radius 2 is 1.25 bits per heavy atom. The van der Waals surface area contributed by atoms with Gasteiger partial charge in [-0.2, -0.15) is 0 Å². The molecule has 0 amide bonds. The van der Waals surface area contributed by atoms with Crippen LogP contribution in [0.2, 0.25) is 0 Å². The Bertz CT molecular complexity index is 1770. The second kappa shape index (κ2) is 15.0. The topological polar surface area (TPSA) is 308 Å². The van der Waals surface area contributed by atoms with Crippen LogP contribution in [0.3, 0.4) is 0 Å². The van der Waals surface area contributed by atoms with Crippen LogP contribution in [0.25, 0.3) is 22.3 Å². The number of aliphatic hydroxyl groups is 8. The molecule has 0 unspecified atom stereocenters. The van der Waals surface area contributed by atoms with Crippen molar-refractivity contribution in [2.24, 2.45) is 0 Å². The van der Waals surface area contributed by atoms with Crippen molar-refractivity contribution < 1.29 is 89.0 Å². The average molecular weight is 741 g/mol.